The summed E-state index contributed by atoms with van der Waals surface area (Å²) >= 11 is 6.05. The Morgan fingerprint density at radius 2 is 2.06 bits per heavy atom. The molecule has 0 aliphatic carbocycles. The van der Waals surface area contributed by atoms with E-state index in [0.717, 1.165) is 5.56 Å². The molecule has 82 valence electrons. The van der Waals surface area contributed by atoms with Crippen molar-refractivity contribution < 1.29 is 0 Å². The average Bonchev–Trinajstić information content (AvgIpc) is 2.34. The molecule has 0 bridgehead atoms. The summed E-state index contributed by atoms with van der Waals surface area (Å²) in [5.74, 6) is 5.50. The molecule has 0 radical (unpaired) electrons. The number of hydrogen-bond donors (Lipinski definition) is 2. The van der Waals surface area contributed by atoms with E-state index in [-0.39, 0.29) is 6.04 Å². The first kappa shape index (κ1) is 10.9. The van der Waals surface area contributed by atoms with Crippen LogP contribution in [0.5, 0.6) is 0 Å². The summed E-state index contributed by atoms with van der Waals surface area (Å²) in [4.78, 5) is 12.1. The van der Waals surface area contributed by atoms with Crippen molar-refractivity contribution in [2.45, 2.75) is 6.04 Å². The lowest BCUT2D eigenvalue weighted by Gasteiger charge is -2.15. The Morgan fingerprint density at radius 3 is 2.69 bits per heavy atom. The lowest BCUT2D eigenvalue weighted by atomic mass is 10.1. The maximum atomic E-state index is 6.05. The predicted octanol–water partition coefficient (Wildman–Crippen LogP) is 1.08. The van der Waals surface area contributed by atoms with Gasteiger partial charge in [0, 0.05) is 24.2 Å². The van der Waals surface area contributed by atoms with Gasteiger partial charge >= 0.3 is 0 Å². The Balaban J connectivity index is 2.41. The van der Waals surface area contributed by atoms with Gasteiger partial charge in [0.15, 0.2) is 0 Å². The third kappa shape index (κ3) is 2.16. The zero-order chi connectivity index (χ0) is 11.4. The summed E-state index contributed by atoms with van der Waals surface area (Å²) in [7, 11) is 0. The highest BCUT2D eigenvalue weighted by Gasteiger charge is 2.16. The van der Waals surface area contributed by atoms with E-state index in [1.54, 1.807) is 30.7 Å². The van der Waals surface area contributed by atoms with Crippen molar-refractivity contribution in [2.75, 3.05) is 0 Å². The largest absolute Gasteiger partial charge is 0.271 e. The van der Waals surface area contributed by atoms with Crippen molar-refractivity contribution in [3.05, 3.63) is 53.3 Å². The lowest BCUT2D eigenvalue weighted by Crippen LogP contribution is -2.29. The van der Waals surface area contributed by atoms with Gasteiger partial charge in [-0.25, -0.2) is 15.4 Å². The van der Waals surface area contributed by atoms with Gasteiger partial charge in [0.2, 0.25) is 0 Å². The smallest absolute Gasteiger partial charge is 0.115 e. The summed E-state index contributed by atoms with van der Waals surface area (Å²) in [6.07, 6.45) is 6.46. The molecule has 0 aliphatic rings. The third-order valence-electron chi connectivity index (χ3n) is 2.14. The highest BCUT2D eigenvalue weighted by atomic mass is 35.5. The van der Waals surface area contributed by atoms with Crippen LogP contribution in [0.3, 0.4) is 0 Å². The number of halogens is 1. The van der Waals surface area contributed by atoms with Gasteiger partial charge in [-0.3, -0.25) is 10.8 Å². The molecule has 0 saturated carbocycles. The fraction of sp³-hybridized carbons (Fsp3) is 0.100. The third-order valence-corrected chi connectivity index (χ3v) is 2.46. The van der Waals surface area contributed by atoms with Crippen LogP contribution in [0.15, 0.2) is 37.1 Å². The first-order valence-electron chi connectivity index (χ1n) is 4.64. The zero-order valence-electron chi connectivity index (χ0n) is 8.34. The minimum Gasteiger partial charge on any atom is -0.271 e. The average molecular weight is 236 g/mol. The highest BCUT2D eigenvalue weighted by molar-refractivity contribution is 6.31. The predicted molar refractivity (Wildman–Crippen MR) is 60.4 cm³/mol. The number of hydrazine groups is 1. The van der Waals surface area contributed by atoms with Crippen LogP contribution in [-0.4, -0.2) is 15.0 Å². The van der Waals surface area contributed by atoms with Crippen LogP contribution in [0, 0.1) is 0 Å². The summed E-state index contributed by atoms with van der Waals surface area (Å²) in [6.45, 7) is 0. The molecule has 1 atom stereocenters. The second kappa shape index (κ2) is 4.98. The van der Waals surface area contributed by atoms with E-state index in [0.29, 0.717) is 10.7 Å². The molecular weight excluding hydrogens is 226 g/mol. The fourth-order valence-electron chi connectivity index (χ4n) is 1.40. The fourth-order valence-corrected chi connectivity index (χ4v) is 1.63. The molecule has 2 aromatic heterocycles. The summed E-state index contributed by atoms with van der Waals surface area (Å²) in [5.41, 5.74) is 4.11. The van der Waals surface area contributed by atoms with E-state index in [2.05, 4.69) is 20.4 Å². The number of nitrogens with one attached hydrogen (secondary N) is 1. The molecule has 1 unspecified atom stereocenters. The number of rotatable bonds is 3. The minimum atomic E-state index is -0.310. The molecule has 2 rings (SSSR count). The number of hydrogen-bond acceptors (Lipinski definition) is 5. The molecule has 0 saturated heterocycles. The van der Waals surface area contributed by atoms with Crippen molar-refractivity contribution in [1.82, 2.24) is 20.4 Å². The van der Waals surface area contributed by atoms with Gasteiger partial charge in [0.1, 0.15) is 6.33 Å². The first-order chi connectivity index (χ1) is 7.83. The Bertz CT molecular complexity index is 462. The van der Waals surface area contributed by atoms with E-state index in [1.165, 1.54) is 6.33 Å². The van der Waals surface area contributed by atoms with Gasteiger partial charge < -0.3 is 0 Å². The van der Waals surface area contributed by atoms with Crippen LogP contribution in [0.25, 0.3) is 0 Å². The van der Waals surface area contributed by atoms with Crippen molar-refractivity contribution >= 4 is 11.6 Å². The van der Waals surface area contributed by atoms with E-state index >= 15 is 0 Å². The number of nitrogens with zero attached hydrogens (tertiary/aromatic N) is 3. The topological polar surface area (TPSA) is 76.7 Å². The normalized spacial score (nSPS) is 12.4. The molecular formula is C10H10ClN5. The van der Waals surface area contributed by atoms with Crippen molar-refractivity contribution in [2.24, 2.45) is 5.84 Å². The van der Waals surface area contributed by atoms with Crippen LogP contribution in [0.1, 0.15) is 17.3 Å². The van der Waals surface area contributed by atoms with E-state index < -0.39 is 0 Å². The van der Waals surface area contributed by atoms with Crippen molar-refractivity contribution in [1.29, 1.82) is 0 Å². The van der Waals surface area contributed by atoms with Crippen LogP contribution < -0.4 is 11.3 Å². The second-order valence-electron chi connectivity index (χ2n) is 3.14. The molecule has 5 nitrogen and oxygen atoms in total. The van der Waals surface area contributed by atoms with Crippen LogP contribution in [0.2, 0.25) is 5.02 Å². The molecule has 0 aliphatic heterocycles. The first-order valence-corrected chi connectivity index (χ1v) is 5.02. The van der Waals surface area contributed by atoms with Gasteiger partial charge in [-0.05, 0) is 12.1 Å². The highest BCUT2D eigenvalue weighted by Crippen LogP contribution is 2.24. The molecule has 0 aromatic carbocycles. The van der Waals surface area contributed by atoms with Gasteiger partial charge in [0.25, 0.3) is 0 Å². The summed E-state index contributed by atoms with van der Waals surface area (Å²) in [5, 5.41) is 0.550. The van der Waals surface area contributed by atoms with Gasteiger partial charge in [-0.15, -0.1) is 0 Å². The standard InChI is InChI=1S/C10H10ClN5/c11-8-2-1-3-15-10(8)9(16-12)7-4-13-6-14-5-7/h1-6,9,16H,12H2. The molecule has 2 heterocycles. The second-order valence-corrected chi connectivity index (χ2v) is 3.55. The Morgan fingerprint density at radius 1 is 1.31 bits per heavy atom. The molecule has 16 heavy (non-hydrogen) atoms. The van der Waals surface area contributed by atoms with Gasteiger partial charge in [0.05, 0.1) is 16.8 Å². The SMILES string of the molecule is NNC(c1cncnc1)c1ncccc1Cl. The van der Waals surface area contributed by atoms with Crippen molar-refractivity contribution in [3.8, 4) is 0 Å². The van der Waals surface area contributed by atoms with Crippen LogP contribution >= 0.6 is 11.6 Å². The van der Waals surface area contributed by atoms with Crippen LogP contribution in [-0.2, 0) is 0 Å². The summed E-state index contributed by atoms with van der Waals surface area (Å²) in [6, 6.07) is 3.22. The zero-order valence-corrected chi connectivity index (χ0v) is 9.09. The maximum absolute atomic E-state index is 6.05. The molecule has 0 fully saturated rings. The van der Waals surface area contributed by atoms with Gasteiger partial charge in [-0.2, -0.15) is 0 Å². The molecule has 3 N–H and O–H groups in total. The van der Waals surface area contributed by atoms with E-state index in [9.17, 15) is 0 Å². The van der Waals surface area contributed by atoms with Crippen molar-refractivity contribution in [3.63, 3.8) is 0 Å². The minimum absolute atomic E-state index is 0.310. The lowest BCUT2D eigenvalue weighted by molar-refractivity contribution is 0.616. The molecule has 6 heteroatoms. The Hall–Kier alpha value is -1.56. The van der Waals surface area contributed by atoms with E-state index in [1.807, 2.05) is 0 Å². The number of pyridine rings is 1. The van der Waals surface area contributed by atoms with E-state index in [4.69, 9.17) is 17.4 Å². The van der Waals surface area contributed by atoms with Crippen LogP contribution in [0.4, 0.5) is 0 Å². The molecule has 0 amide bonds. The monoisotopic (exact) mass is 235 g/mol. The van der Waals surface area contributed by atoms with Gasteiger partial charge in [-0.1, -0.05) is 11.6 Å². The number of nitrogens with two attached hydrogens (primary N) is 1. The quantitative estimate of drug-likeness (QED) is 0.615. The molecule has 2 aromatic rings. The Kier molecular flexibility index (Phi) is 3.40. The molecule has 0 spiro atoms. The Labute approximate surface area is 97.7 Å². The number of aromatic nitrogens is 3. The maximum Gasteiger partial charge on any atom is 0.115 e. The summed E-state index contributed by atoms with van der Waals surface area (Å²) < 4.78 is 0.